The summed E-state index contributed by atoms with van der Waals surface area (Å²) in [7, 11) is 0. The number of ether oxygens (including phenoxy) is 3. The number of carbonyl (C=O) groups excluding carboxylic acids is 5. The maximum Gasteiger partial charge on any atom is 0.306 e. The number of aliphatic hydroxyl groups is 1. The number of fused-ring (bicyclic) bond motifs is 2. The van der Waals surface area contributed by atoms with Gasteiger partial charge in [0.25, 0.3) is 0 Å². The number of Topliss-reactive ketones (excluding diaryl/α,β-unsaturated/α-hetero) is 2. The molecule has 5 aliphatic rings. The Kier molecular flexibility index (Phi) is 5.71. The molecule has 3 aliphatic carbocycles. The van der Waals surface area contributed by atoms with E-state index >= 15 is 0 Å². The van der Waals surface area contributed by atoms with Gasteiger partial charge in [-0.2, -0.15) is 0 Å². The van der Waals surface area contributed by atoms with E-state index in [1.54, 1.807) is 6.92 Å². The Morgan fingerprint density at radius 3 is 2.36 bits per heavy atom. The molecule has 3 saturated carbocycles. The molecule has 0 aromatic carbocycles. The summed E-state index contributed by atoms with van der Waals surface area (Å²) in [5.74, 6) is -3.67. The summed E-state index contributed by atoms with van der Waals surface area (Å²) in [5, 5.41) is 10.8. The van der Waals surface area contributed by atoms with Gasteiger partial charge in [-0.1, -0.05) is 27.7 Å². The molecular weight excluding hydrogens is 468 g/mol. The summed E-state index contributed by atoms with van der Waals surface area (Å²) in [4.78, 5) is 64.9. The number of aliphatic hydroxyl groups excluding tert-OH is 1. The van der Waals surface area contributed by atoms with Crippen molar-refractivity contribution in [3.8, 4) is 0 Å². The minimum atomic E-state index is -1.12. The first-order valence-corrected chi connectivity index (χ1v) is 13.0. The third-order valence-electron chi connectivity index (χ3n) is 10.6. The largest absolute Gasteiger partial charge is 0.465 e. The molecule has 9 nitrogen and oxygen atoms in total. The van der Waals surface area contributed by atoms with Crippen molar-refractivity contribution in [1.82, 2.24) is 0 Å². The fraction of sp³-hybridized carbons (Fsp3) is 0.815. The van der Waals surface area contributed by atoms with Crippen molar-refractivity contribution in [3.05, 3.63) is 0 Å². The van der Waals surface area contributed by atoms with Gasteiger partial charge in [-0.05, 0) is 37.0 Å². The summed E-state index contributed by atoms with van der Waals surface area (Å²) >= 11 is 0. The minimum absolute atomic E-state index is 0.00574. The molecular formula is C27H36O9. The molecule has 198 valence electrons. The fourth-order valence-electron chi connectivity index (χ4n) is 9.28. The van der Waals surface area contributed by atoms with E-state index in [1.807, 2.05) is 20.8 Å². The van der Waals surface area contributed by atoms with Gasteiger partial charge in [-0.3, -0.25) is 24.0 Å². The van der Waals surface area contributed by atoms with E-state index in [0.29, 0.717) is 12.8 Å². The molecule has 2 heterocycles. The Hall–Kier alpha value is -2.29. The van der Waals surface area contributed by atoms with E-state index in [-0.39, 0.29) is 55.2 Å². The van der Waals surface area contributed by atoms with Crippen LogP contribution in [0.2, 0.25) is 0 Å². The summed E-state index contributed by atoms with van der Waals surface area (Å²) in [6.45, 7) is 8.91. The van der Waals surface area contributed by atoms with Gasteiger partial charge in [0.1, 0.15) is 30.7 Å². The summed E-state index contributed by atoms with van der Waals surface area (Å²) in [6, 6.07) is 0. The average Bonchev–Trinajstić information content (AvgIpc) is 3.21. The molecule has 11 atom stereocenters. The molecule has 1 N–H and O–H groups in total. The molecule has 5 fully saturated rings. The highest BCUT2D eigenvalue weighted by Crippen LogP contribution is 2.71. The van der Waals surface area contributed by atoms with E-state index < -0.39 is 64.2 Å². The standard InChI is InChI=1S/C27H36O9/c1-12-6-16(29)24(33)26(4)15(12)8-19-27(5)18(9-21(31)36-19)25(3,10-17(22(26)27)35-13(2)28)23(32)14-7-20(30)34-11-14/h12,14-19,22,29H,6-11H2,1-5H3/t12-,14-,15+,16+,17-,18-,19-,22-,25-,26+,27+/m1/s1. The maximum absolute atomic E-state index is 14.0. The number of esters is 3. The van der Waals surface area contributed by atoms with Crippen molar-refractivity contribution in [2.75, 3.05) is 6.61 Å². The second kappa shape index (κ2) is 8.10. The molecule has 0 bridgehead atoms. The van der Waals surface area contributed by atoms with Gasteiger partial charge in [0.05, 0.1) is 12.3 Å². The van der Waals surface area contributed by atoms with Crippen molar-refractivity contribution in [2.45, 2.75) is 85.0 Å². The molecule has 0 aromatic rings. The van der Waals surface area contributed by atoms with Crippen molar-refractivity contribution in [2.24, 2.45) is 45.8 Å². The van der Waals surface area contributed by atoms with Gasteiger partial charge < -0.3 is 19.3 Å². The van der Waals surface area contributed by atoms with Gasteiger partial charge >= 0.3 is 17.9 Å². The van der Waals surface area contributed by atoms with E-state index in [0.717, 1.165) is 0 Å². The Labute approximate surface area is 210 Å². The molecule has 2 aliphatic heterocycles. The van der Waals surface area contributed by atoms with E-state index in [2.05, 4.69) is 0 Å². The molecule has 9 heteroatoms. The highest BCUT2D eigenvalue weighted by Gasteiger charge is 2.75. The molecule has 0 aromatic heterocycles. The first-order chi connectivity index (χ1) is 16.7. The van der Waals surface area contributed by atoms with Crippen LogP contribution in [0.15, 0.2) is 0 Å². The predicted octanol–water partition coefficient (Wildman–Crippen LogP) is 2.01. The van der Waals surface area contributed by atoms with E-state index in [4.69, 9.17) is 14.2 Å². The predicted molar refractivity (Wildman–Crippen MR) is 123 cm³/mol. The van der Waals surface area contributed by atoms with Crippen LogP contribution in [0.4, 0.5) is 0 Å². The topological polar surface area (TPSA) is 133 Å². The third-order valence-corrected chi connectivity index (χ3v) is 10.6. The molecule has 0 unspecified atom stereocenters. The third kappa shape index (κ3) is 3.26. The van der Waals surface area contributed by atoms with Crippen molar-refractivity contribution >= 4 is 29.5 Å². The number of rotatable bonds is 3. The molecule has 0 amide bonds. The van der Waals surface area contributed by atoms with Crippen molar-refractivity contribution in [3.63, 3.8) is 0 Å². The smallest absolute Gasteiger partial charge is 0.306 e. The number of hydrogen-bond acceptors (Lipinski definition) is 9. The van der Waals surface area contributed by atoms with Gasteiger partial charge in [0.2, 0.25) is 0 Å². The van der Waals surface area contributed by atoms with Crippen molar-refractivity contribution < 1.29 is 43.3 Å². The van der Waals surface area contributed by atoms with Gasteiger partial charge in [-0.25, -0.2) is 0 Å². The molecule has 0 spiro atoms. The van der Waals surface area contributed by atoms with Crippen LogP contribution in [-0.2, 0) is 38.2 Å². The number of cyclic esters (lactones) is 1. The summed E-state index contributed by atoms with van der Waals surface area (Å²) < 4.78 is 17.0. The summed E-state index contributed by atoms with van der Waals surface area (Å²) in [5.41, 5.74) is -2.99. The van der Waals surface area contributed by atoms with Crippen LogP contribution in [0.1, 0.15) is 66.7 Å². The zero-order valence-electron chi connectivity index (χ0n) is 21.6. The highest BCUT2D eigenvalue weighted by atomic mass is 16.6. The van der Waals surface area contributed by atoms with Crippen LogP contribution < -0.4 is 0 Å². The quantitative estimate of drug-likeness (QED) is 0.452. The normalized spacial score (nSPS) is 49.9. The molecule has 0 radical (unpaired) electrons. The molecule has 5 rings (SSSR count). The lowest BCUT2D eigenvalue weighted by Gasteiger charge is -2.70. The van der Waals surface area contributed by atoms with Crippen LogP contribution in [0.25, 0.3) is 0 Å². The minimum Gasteiger partial charge on any atom is -0.465 e. The number of ketones is 2. The van der Waals surface area contributed by atoms with Gasteiger partial charge in [-0.15, -0.1) is 0 Å². The Morgan fingerprint density at radius 1 is 1.06 bits per heavy atom. The average molecular weight is 505 g/mol. The SMILES string of the molecule is CC(=O)O[C@@H]1C[C@@](C)(C(=O)[C@H]2COC(=O)C2)[C@H]2CC(=O)O[C@@H]3C[C@H]4[C@H](C)C[C@H](O)C(=O)[C@]4(C)[C@@H]1[C@]32C. The Bertz CT molecular complexity index is 1040. The second-order valence-corrected chi connectivity index (χ2v) is 12.5. The molecule has 2 saturated heterocycles. The van der Waals surface area contributed by atoms with E-state index in [1.165, 1.54) is 6.92 Å². The zero-order chi connectivity index (χ0) is 26.4. The van der Waals surface area contributed by atoms with Crippen LogP contribution in [0.5, 0.6) is 0 Å². The lowest BCUT2D eigenvalue weighted by atomic mass is 9.35. The lowest BCUT2D eigenvalue weighted by Crippen LogP contribution is -2.74. The maximum atomic E-state index is 14.0. The second-order valence-electron chi connectivity index (χ2n) is 12.5. The molecule has 36 heavy (non-hydrogen) atoms. The van der Waals surface area contributed by atoms with Crippen molar-refractivity contribution in [1.29, 1.82) is 0 Å². The zero-order valence-corrected chi connectivity index (χ0v) is 21.6. The Morgan fingerprint density at radius 2 is 1.75 bits per heavy atom. The van der Waals surface area contributed by atoms with Crippen LogP contribution in [-0.4, -0.2) is 59.5 Å². The monoisotopic (exact) mass is 504 g/mol. The fourth-order valence-corrected chi connectivity index (χ4v) is 9.28. The van der Waals surface area contributed by atoms with Crippen LogP contribution >= 0.6 is 0 Å². The Balaban J connectivity index is 1.68. The van der Waals surface area contributed by atoms with Crippen LogP contribution in [0, 0.1) is 45.8 Å². The lowest BCUT2D eigenvalue weighted by molar-refractivity contribution is -0.277. The first-order valence-electron chi connectivity index (χ1n) is 13.0. The van der Waals surface area contributed by atoms with E-state index in [9.17, 15) is 29.1 Å². The number of carbonyl (C=O) groups is 5. The van der Waals surface area contributed by atoms with Crippen LogP contribution in [0.3, 0.4) is 0 Å². The first kappa shape index (κ1) is 25.4. The van der Waals surface area contributed by atoms with Gasteiger partial charge in [0, 0.05) is 35.5 Å². The van der Waals surface area contributed by atoms with Gasteiger partial charge in [0.15, 0.2) is 5.78 Å². The summed E-state index contributed by atoms with van der Waals surface area (Å²) in [6.07, 6.45) is -1.62. The highest BCUT2D eigenvalue weighted by molar-refractivity contribution is 5.93. The number of hydrogen-bond donors (Lipinski definition) is 1.